The second-order valence-corrected chi connectivity index (χ2v) is 4.56. The Hall–Kier alpha value is -1.62. The van der Waals surface area contributed by atoms with E-state index in [4.69, 9.17) is 0 Å². The van der Waals surface area contributed by atoms with Crippen LogP contribution in [0.2, 0.25) is 0 Å². The van der Waals surface area contributed by atoms with E-state index in [1.807, 2.05) is 0 Å². The van der Waals surface area contributed by atoms with Crippen molar-refractivity contribution in [2.24, 2.45) is 5.92 Å². The fourth-order valence-corrected chi connectivity index (χ4v) is 2.11. The van der Waals surface area contributed by atoms with Gasteiger partial charge in [-0.15, -0.1) is 0 Å². The molecule has 18 heavy (non-hydrogen) atoms. The van der Waals surface area contributed by atoms with Crippen LogP contribution in [-0.2, 0) is 0 Å². The second kappa shape index (κ2) is 5.82. The van der Waals surface area contributed by atoms with Gasteiger partial charge in [0.05, 0.1) is 5.56 Å². The number of carbonyl (C=O) groups excluding carboxylic acids is 1. The number of hydrogen-bond acceptors (Lipinski definition) is 3. The first-order valence-corrected chi connectivity index (χ1v) is 6.14. The van der Waals surface area contributed by atoms with E-state index in [0.29, 0.717) is 12.5 Å². The third-order valence-electron chi connectivity index (χ3n) is 3.21. The van der Waals surface area contributed by atoms with Crippen molar-refractivity contribution in [1.82, 2.24) is 10.6 Å². The second-order valence-electron chi connectivity index (χ2n) is 4.56. The summed E-state index contributed by atoms with van der Waals surface area (Å²) >= 11 is 0. The van der Waals surface area contributed by atoms with E-state index < -0.39 is 11.7 Å². The summed E-state index contributed by atoms with van der Waals surface area (Å²) in [4.78, 5) is 11.8. The molecule has 2 rings (SSSR count). The van der Waals surface area contributed by atoms with E-state index >= 15 is 0 Å². The zero-order valence-corrected chi connectivity index (χ0v) is 10.1. The van der Waals surface area contributed by atoms with Crippen molar-refractivity contribution in [3.05, 3.63) is 29.6 Å². The van der Waals surface area contributed by atoms with Gasteiger partial charge in [0.1, 0.15) is 11.6 Å². The summed E-state index contributed by atoms with van der Waals surface area (Å²) in [5.74, 6) is -0.699. The number of phenols is 1. The van der Waals surface area contributed by atoms with Crippen LogP contribution in [0.15, 0.2) is 18.2 Å². The molecular weight excluding hydrogens is 235 g/mol. The van der Waals surface area contributed by atoms with Crippen LogP contribution in [0.5, 0.6) is 5.75 Å². The summed E-state index contributed by atoms with van der Waals surface area (Å²) in [5.41, 5.74) is -0.0102. The Morgan fingerprint density at radius 2 is 2.17 bits per heavy atom. The molecule has 98 valence electrons. The SMILES string of the molecule is O=C(NCC1CCNCC1)c1cc(F)ccc1O. The zero-order valence-electron chi connectivity index (χ0n) is 10.1. The number of hydrogen-bond donors (Lipinski definition) is 3. The molecule has 0 saturated carbocycles. The molecule has 0 bridgehead atoms. The molecule has 0 aromatic heterocycles. The number of amides is 1. The molecule has 1 aromatic rings. The molecule has 1 aromatic carbocycles. The summed E-state index contributed by atoms with van der Waals surface area (Å²) in [6, 6.07) is 3.36. The lowest BCUT2D eigenvalue weighted by Crippen LogP contribution is -2.36. The van der Waals surface area contributed by atoms with Gasteiger partial charge in [0.15, 0.2) is 0 Å². The van der Waals surface area contributed by atoms with Crippen molar-refractivity contribution >= 4 is 5.91 Å². The molecule has 0 atom stereocenters. The van der Waals surface area contributed by atoms with Crippen molar-refractivity contribution < 1.29 is 14.3 Å². The monoisotopic (exact) mass is 252 g/mol. The first kappa shape index (κ1) is 12.8. The van der Waals surface area contributed by atoms with Gasteiger partial charge in [-0.3, -0.25) is 4.79 Å². The van der Waals surface area contributed by atoms with Crippen LogP contribution in [0.25, 0.3) is 0 Å². The van der Waals surface area contributed by atoms with E-state index in [9.17, 15) is 14.3 Å². The molecule has 4 nitrogen and oxygen atoms in total. The molecule has 1 aliphatic rings. The first-order valence-electron chi connectivity index (χ1n) is 6.14. The number of rotatable bonds is 3. The van der Waals surface area contributed by atoms with Crippen molar-refractivity contribution in [2.75, 3.05) is 19.6 Å². The Labute approximate surface area is 105 Å². The molecule has 0 radical (unpaired) electrons. The number of benzene rings is 1. The van der Waals surface area contributed by atoms with Crippen LogP contribution < -0.4 is 10.6 Å². The maximum absolute atomic E-state index is 13.0. The number of aromatic hydroxyl groups is 1. The molecule has 3 N–H and O–H groups in total. The van der Waals surface area contributed by atoms with E-state index in [2.05, 4.69) is 10.6 Å². The van der Waals surface area contributed by atoms with Gasteiger partial charge >= 0.3 is 0 Å². The third kappa shape index (κ3) is 3.20. The lowest BCUT2D eigenvalue weighted by atomic mass is 9.98. The molecule has 0 spiro atoms. The van der Waals surface area contributed by atoms with Crippen LogP contribution in [0.1, 0.15) is 23.2 Å². The molecule has 1 aliphatic heterocycles. The zero-order chi connectivity index (χ0) is 13.0. The van der Waals surface area contributed by atoms with E-state index in [0.717, 1.165) is 38.1 Å². The maximum atomic E-state index is 13.0. The van der Waals surface area contributed by atoms with Gasteiger partial charge in [0, 0.05) is 6.54 Å². The van der Waals surface area contributed by atoms with E-state index in [1.54, 1.807) is 0 Å². The van der Waals surface area contributed by atoms with Crippen molar-refractivity contribution in [2.45, 2.75) is 12.8 Å². The number of carbonyl (C=O) groups is 1. The summed E-state index contributed by atoms with van der Waals surface area (Å²) in [6.45, 7) is 2.49. The minimum absolute atomic E-state index is 0.0102. The largest absolute Gasteiger partial charge is 0.507 e. The number of piperidine rings is 1. The maximum Gasteiger partial charge on any atom is 0.255 e. The molecule has 1 amide bonds. The fraction of sp³-hybridized carbons (Fsp3) is 0.462. The average Bonchev–Trinajstić information content (AvgIpc) is 2.40. The average molecular weight is 252 g/mol. The van der Waals surface area contributed by atoms with Crippen LogP contribution in [0, 0.1) is 11.7 Å². The predicted molar refractivity (Wildman–Crippen MR) is 66.0 cm³/mol. The minimum Gasteiger partial charge on any atom is -0.507 e. The lowest BCUT2D eigenvalue weighted by molar-refractivity contribution is 0.0941. The molecule has 1 fully saturated rings. The molecule has 1 saturated heterocycles. The summed E-state index contributed by atoms with van der Waals surface area (Å²) in [5, 5.41) is 15.5. The highest BCUT2D eigenvalue weighted by atomic mass is 19.1. The summed E-state index contributed by atoms with van der Waals surface area (Å²) in [7, 11) is 0. The molecule has 0 aliphatic carbocycles. The molecule has 0 unspecified atom stereocenters. The Kier molecular flexibility index (Phi) is 4.15. The number of halogens is 1. The van der Waals surface area contributed by atoms with Crippen LogP contribution >= 0.6 is 0 Å². The topological polar surface area (TPSA) is 61.4 Å². The quantitative estimate of drug-likeness (QED) is 0.759. The summed E-state index contributed by atoms with van der Waals surface area (Å²) in [6.07, 6.45) is 2.05. The van der Waals surface area contributed by atoms with Gasteiger partial charge in [0.25, 0.3) is 5.91 Å². The van der Waals surface area contributed by atoms with Crippen LogP contribution in [0.4, 0.5) is 4.39 Å². The van der Waals surface area contributed by atoms with Gasteiger partial charge < -0.3 is 15.7 Å². The van der Waals surface area contributed by atoms with Gasteiger partial charge in [-0.25, -0.2) is 4.39 Å². The van der Waals surface area contributed by atoms with E-state index in [-0.39, 0.29) is 11.3 Å². The lowest BCUT2D eigenvalue weighted by Gasteiger charge is -2.22. The highest BCUT2D eigenvalue weighted by Crippen LogP contribution is 2.18. The fourth-order valence-electron chi connectivity index (χ4n) is 2.11. The smallest absolute Gasteiger partial charge is 0.255 e. The number of phenolic OH excluding ortho intramolecular Hbond substituents is 1. The first-order chi connectivity index (χ1) is 8.66. The predicted octanol–water partition coefficient (Wildman–Crippen LogP) is 1.26. The third-order valence-corrected chi connectivity index (χ3v) is 3.21. The minimum atomic E-state index is -0.528. The van der Waals surface area contributed by atoms with Crippen LogP contribution in [0.3, 0.4) is 0 Å². The van der Waals surface area contributed by atoms with Gasteiger partial charge in [-0.05, 0) is 50.0 Å². The molecule has 5 heteroatoms. The normalized spacial score (nSPS) is 16.5. The van der Waals surface area contributed by atoms with Crippen molar-refractivity contribution in [3.63, 3.8) is 0 Å². The highest BCUT2D eigenvalue weighted by molar-refractivity contribution is 5.96. The van der Waals surface area contributed by atoms with E-state index in [1.165, 1.54) is 6.07 Å². The van der Waals surface area contributed by atoms with Gasteiger partial charge in [-0.2, -0.15) is 0 Å². The Morgan fingerprint density at radius 1 is 1.44 bits per heavy atom. The van der Waals surface area contributed by atoms with Gasteiger partial charge in [-0.1, -0.05) is 0 Å². The van der Waals surface area contributed by atoms with Crippen molar-refractivity contribution in [1.29, 1.82) is 0 Å². The number of nitrogens with one attached hydrogen (secondary N) is 2. The Morgan fingerprint density at radius 3 is 2.89 bits per heavy atom. The Bertz CT molecular complexity index is 431. The molecular formula is C13H17FN2O2. The molecule has 1 heterocycles. The van der Waals surface area contributed by atoms with Crippen molar-refractivity contribution in [3.8, 4) is 5.75 Å². The standard InChI is InChI=1S/C13H17FN2O2/c14-10-1-2-12(17)11(7-10)13(18)16-8-9-3-5-15-6-4-9/h1-2,7,9,15,17H,3-6,8H2,(H,16,18). The summed E-state index contributed by atoms with van der Waals surface area (Å²) < 4.78 is 13.0. The van der Waals surface area contributed by atoms with Crippen LogP contribution in [-0.4, -0.2) is 30.6 Å². The Balaban J connectivity index is 1.92. The van der Waals surface area contributed by atoms with Gasteiger partial charge in [0.2, 0.25) is 0 Å². The highest BCUT2D eigenvalue weighted by Gasteiger charge is 2.16.